The third-order valence-electron chi connectivity index (χ3n) is 2.88. The summed E-state index contributed by atoms with van der Waals surface area (Å²) in [6, 6.07) is 5.55. The van der Waals surface area contributed by atoms with Crippen LogP contribution in [0.15, 0.2) is 33.3 Å². The molecule has 1 atom stereocenters. The van der Waals surface area contributed by atoms with E-state index in [4.69, 9.17) is 4.74 Å². The highest BCUT2D eigenvalue weighted by Crippen LogP contribution is 2.35. The van der Waals surface area contributed by atoms with E-state index in [1.54, 1.807) is 18.0 Å². The number of halogens is 2. The van der Waals surface area contributed by atoms with E-state index in [1.807, 2.05) is 25.1 Å². The van der Waals surface area contributed by atoms with E-state index in [0.29, 0.717) is 17.9 Å². The molecule has 2 rings (SSSR count). The van der Waals surface area contributed by atoms with Crippen molar-refractivity contribution in [1.29, 1.82) is 0 Å². The Labute approximate surface area is 128 Å². The number of aliphatic hydroxyl groups excluding tert-OH is 1. The zero-order valence-electron chi connectivity index (χ0n) is 10.6. The molecule has 1 N–H and O–H groups in total. The first-order valence-corrected chi connectivity index (χ1v) is 7.39. The van der Waals surface area contributed by atoms with E-state index in [-0.39, 0.29) is 0 Å². The summed E-state index contributed by atoms with van der Waals surface area (Å²) in [6.45, 7) is 2.67. The van der Waals surface area contributed by atoms with Gasteiger partial charge in [-0.05, 0) is 41.1 Å². The molecule has 1 aromatic heterocycles. The van der Waals surface area contributed by atoms with Gasteiger partial charge >= 0.3 is 0 Å². The third kappa shape index (κ3) is 2.85. The molecular formula is C13H14Br2N2O2. The Kier molecular flexibility index (Phi) is 4.65. The number of aryl methyl sites for hydroxylation is 1. The number of nitrogens with zero attached hydrogens (tertiary/aromatic N) is 2. The second-order valence-corrected chi connectivity index (χ2v) is 5.75. The Morgan fingerprint density at radius 1 is 1.42 bits per heavy atom. The summed E-state index contributed by atoms with van der Waals surface area (Å²) in [7, 11) is 1.59. The van der Waals surface area contributed by atoms with Crippen LogP contribution in [0.3, 0.4) is 0 Å². The van der Waals surface area contributed by atoms with Crippen LogP contribution in [-0.4, -0.2) is 22.0 Å². The molecule has 0 radical (unpaired) electrons. The molecule has 6 heteroatoms. The van der Waals surface area contributed by atoms with Crippen molar-refractivity contribution >= 4 is 31.9 Å². The van der Waals surface area contributed by atoms with Crippen molar-refractivity contribution < 1.29 is 9.84 Å². The predicted octanol–water partition coefficient (Wildman–Crippen LogP) is 3.52. The van der Waals surface area contributed by atoms with Crippen LogP contribution in [0.25, 0.3) is 0 Å². The Morgan fingerprint density at radius 2 is 2.16 bits per heavy atom. The average Bonchev–Trinajstić information content (AvgIpc) is 2.79. The van der Waals surface area contributed by atoms with Crippen LogP contribution < -0.4 is 4.74 Å². The fourth-order valence-electron chi connectivity index (χ4n) is 1.96. The fraction of sp³-hybridized carbons (Fsp3) is 0.308. The van der Waals surface area contributed by atoms with Gasteiger partial charge in [0.15, 0.2) is 0 Å². The lowest BCUT2D eigenvalue weighted by Crippen LogP contribution is -2.10. The van der Waals surface area contributed by atoms with Gasteiger partial charge in [0, 0.05) is 16.6 Å². The lowest BCUT2D eigenvalue weighted by atomic mass is 10.1. The van der Waals surface area contributed by atoms with E-state index in [1.165, 1.54) is 0 Å². The van der Waals surface area contributed by atoms with Gasteiger partial charge < -0.3 is 9.84 Å². The zero-order valence-corrected chi connectivity index (χ0v) is 13.8. The molecule has 0 spiro atoms. The van der Waals surface area contributed by atoms with Gasteiger partial charge in [0.05, 0.1) is 23.5 Å². The van der Waals surface area contributed by atoms with Gasteiger partial charge in [-0.15, -0.1) is 0 Å². The highest BCUT2D eigenvalue weighted by atomic mass is 79.9. The second kappa shape index (κ2) is 6.07. The molecule has 0 amide bonds. The molecule has 19 heavy (non-hydrogen) atoms. The van der Waals surface area contributed by atoms with Crippen LogP contribution >= 0.6 is 31.9 Å². The van der Waals surface area contributed by atoms with Crippen molar-refractivity contribution in [3.05, 3.63) is 44.6 Å². The maximum atomic E-state index is 10.6. The maximum Gasteiger partial charge on any atom is 0.125 e. The lowest BCUT2D eigenvalue weighted by molar-refractivity contribution is 0.202. The van der Waals surface area contributed by atoms with Crippen molar-refractivity contribution in [2.45, 2.75) is 19.6 Å². The number of aromatic nitrogens is 2. The Morgan fingerprint density at radius 3 is 2.79 bits per heavy atom. The predicted molar refractivity (Wildman–Crippen MR) is 80.4 cm³/mol. The molecule has 0 bridgehead atoms. The molecule has 0 aliphatic heterocycles. The molecule has 4 nitrogen and oxygen atoms in total. The van der Waals surface area contributed by atoms with Gasteiger partial charge in [0.1, 0.15) is 11.9 Å². The smallest absolute Gasteiger partial charge is 0.125 e. The minimum absolute atomic E-state index is 0.645. The van der Waals surface area contributed by atoms with E-state index < -0.39 is 6.10 Å². The quantitative estimate of drug-likeness (QED) is 0.870. The van der Waals surface area contributed by atoms with Crippen LogP contribution in [0.5, 0.6) is 5.75 Å². The molecule has 0 fully saturated rings. The molecule has 1 heterocycles. The first kappa shape index (κ1) is 14.6. The van der Waals surface area contributed by atoms with Crippen LogP contribution in [0.2, 0.25) is 0 Å². The SMILES string of the molecule is CCn1ncc(Br)c1C(O)c1cc(Br)ccc1OC. The lowest BCUT2D eigenvalue weighted by Gasteiger charge is -2.17. The van der Waals surface area contributed by atoms with Crippen molar-refractivity contribution in [2.24, 2.45) is 0 Å². The molecule has 0 saturated carbocycles. The summed E-state index contributed by atoms with van der Waals surface area (Å²) < 4.78 is 8.74. The van der Waals surface area contributed by atoms with Crippen LogP contribution in [0.4, 0.5) is 0 Å². The minimum atomic E-state index is -0.802. The number of hydrogen-bond donors (Lipinski definition) is 1. The standard InChI is InChI=1S/C13H14Br2N2O2/c1-3-17-12(10(15)7-16-17)13(18)9-6-8(14)4-5-11(9)19-2/h4-7,13,18H,3H2,1-2H3. The number of benzene rings is 1. The van der Waals surface area contributed by atoms with E-state index in [9.17, 15) is 5.11 Å². The zero-order chi connectivity index (χ0) is 14.0. The van der Waals surface area contributed by atoms with E-state index >= 15 is 0 Å². The van der Waals surface area contributed by atoms with Crippen molar-refractivity contribution in [3.8, 4) is 5.75 Å². The van der Waals surface area contributed by atoms with Gasteiger partial charge in [-0.2, -0.15) is 5.10 Å². The first-order chi connectivity index (χ1) is 9.08. The molecular weight excluding hydrogens is 376 g/mol. The third-order valence-corrected chi connectivity index (χ3v) is 3.98. The summed E-state index contributed by atoms with van der Waals surface area (Å²) in [6.07, 6.45) is 0.885. The highest BCUT2D eigenvalue weighted by Gasteiger charge is 2.22. The summed E-state index contributed by atoms with van der Waals surface area (Å²) in [5, 5.41) is 14.8. The molecule has 1 unspecified atom stereocenters. The maximum absolute atomic E-state index is 10.6. The van der Waals surface area contributed by atoms with Gasteiger partial charge in [0.25, 0.3) is 0 Å². The van der Waals surface area contributed by atoms with E-state index in [2.05, 4.69) is 37.0 Å². The van der Waals surface area contributed by atoms with E-state index in [0.717, 1.165) is 14.6 Å². The van der Waals surface area contributed by atoms with Gasteiger partial charge in [-0.1, -0.05) is 15.9 Å². The summed E-state index contributed by atoms with van der Waals surface area (Å²) in [5.74, 6) is 0.645. The summed E-state index contributed by atoms with van der Waals surface area (Å²) in [5.41, 5.74) is 1.42. The molecule has 0 aliphatic carbocycles. The number of aliphatic hydroxyl groups is 1. The Hall–Kier alpha value is -0.850. The van der Waals surface area contributed by atoms with Crippen LogP contribution in [0, 0.1) is 0 Å². The largest absolute Gasteiger partial charge is 0.496 e. The first-order valence-electron chi connectivity index (χ1n) is 5.81. The van der Waals surface area contributed by atoms with Crippen LogP contribution in [0.1, 0.15) is 24.3 Å². The van der Waals surface area contributed by atoms with Crippen molar-refractivity contribution in [1.82, 2.24) is 9.78 Å². The van der Waals surface area contributed by atoms with Gasteiger partial charge in [-0.25, -0.2) is 0 Å². The topological polar surface area (TPSA) is 47.3 Å². The minimum Gasteiger partial charge on any atom is -0.496 e. The summed E-state index contributed by atoms with van der Waals surface area (Å²) in [4.78, 5) is 0. The molecule has 0 aliphatic rings. The average molecular weight is 390 g/mol. The Balaban J connectivity index is 2.51. The van der Waals surface area contributed by atoms with Crippen LogP contribution in [-0.2, 0) is 6.54 Å². The van der Waals surface area contributed by atoms with Gasteiger partial charge in [-0.3, -0.25) is 4.68 Å². The van der Waals surface area contributed by atoms with Crippen molar-refractivity contribution in [3.63, 3.8) is 0 Å². The number of hydrogen-bond acceptors (Lipinski definition) is 3. The normalized spacial score (nSPS) is 12.5. The number of ether oxygens (including phenoxy) is 1. The molecule has 1 aromatic carbocycles. The van der Waals surface area contributed by atoms with Gasteiger partial charge in [0.2, 0.25) is 0 Å². The Bertz CT molecular complexity index is 584. The second-order valence-electron chi connectivity index (χ2n) is 3.98. The fourth-order valence-corrected chi connectivity index (χ4v) is 2.85. The summed E-state index contributed by atoms with van der Waals surface area (Å²) >= 11 is 6.84. The monoisotopic (exact) mass is 388 g/mol. The molecule has 2 aromatic rings. The highest BCUT2D eigenvalue weighted by molar-refractivity contribution is 9.10. The molecule has 102 valence electrons. The molecule has 0 saturated heterocycles. The van der Waals surface area contributed by atoms with Crippen molar-refractivity contribution in [2.75, 3.05) is 7.11 Å². The number of methoxy groups -OCH3 is 1. The number of rotatable bonds is 4.